The van der Waals surface area contributed by atoms with E-state index in [1.54, 1.807) is 67.6 Å². The number of benzene rings is 3. The Labute approximate surface area is 230 Å². The van der Waals surface area contributed by atoms with Crippen molar-refractivity contribution < 1.29 is 18.0 Å². The van der Waals surface area contributed by atoms with Gasteiger partial charge < -0.3 is 10.2 Å². The average Bonchev–Trinajstić information content (AvgIpc) is 2.84. The van der Waals surface area contributed by atoms with E-state index >= 15 is 0 Å². The fraction of sp³-hybridized carbons (Fsp3) is 0.310. The summed E-state index contributed by atoms with van der Waals surface area (Å²) in [4.78, 5) is 28.5. The van der Waals surface area contributed by atoms with E-state index in [0.29, 0.717) is 16.3 Å². The van der Waals surface area contributed by atoms with Gasteiger partial charge in [0.1, 0.15) is 12.6 Å². The summed E-state index contributed by atoms with van der Waals surface area (Å²) in [6.45, 7) is 8.63. The third kappa shape index (κ3) is 7.58. The van der Waals surface area contributed by atoms with E-state index in [2.05, 4.69) is 5.32 Å². The number of amides is 2. The van der Waals surface area contributed by atoms with Crippen molar-refractivity contribution in [2.24, 2.45) is 0 Å². The molecule has 0 aliphatic carbocycles. The lowest BCUT2D eigenvalue weighted by Crippen LogP contribution is -2.54. The Morgan fingerprint density at radius 3 is 2.21 bits per heavy atom. The zero-order valence-corrected chi connectivity index (χ0v) is 23.9. The van der Waals surface area contributed by atoms with Crippen LogP contribution in [0.25, 0.3) is 0 Å². The van der Waals surface area contributed by atoms with Gasteiger partial charge in [0.15, 0.2) is 0 Å². The molecule has 7 nitrogen and oxygen atoms in total. The standard InChI is InChI=1S/C29H34ClN3O4S/c1-21-11-9-14-25(17-21)33(38(36,37)26-15-7-6-8-16-26)20-27(34)32(19-23-12-10-13-24(30)18-23)22(2)28(35)31-29(3,4)5/h6-18,22H,19-20H2,1-5H3,(H,31,35)/t22-/m0/s1. The SMILES string of the molecule is Cc1cccc(N(CC(=O)N(Cc2cccc(Cl)c2)[C@@H](C)C(=O)NC(C)(C)C)S(=O)(=O)c2ccccc2)c1. The van der Waals surface area contributed by atoms with Crippen molar-refractivity contribution in [3.8, 4) is 0 Å². The van der Waals surface area contributed by atoms with Crippen LogP contribution in [0.2, 0.25) is 5.02 Å². The molecular weight excluding hydrogens is 522 g/mol. The third-order valence-corrected chi connectivity index (χ3v) is 7.83. The van der Waals surface area contributed by atoms with E-state index in [1.165, 1.54) is 17.0 Å². The number of hydrogen-bond donors (Lipinski definition) is 1. The van der Waals surface area contributed by atoms with Crippen LogP contribution in [0.4, 0.5) is 5.69 Å². The minimum atomic E-state index is -4.09. The van der Waals surface area contributed by atoms with Crippen molar-refractivity contribution in [2.45, 2.75) is 57.6 Å². The van der Waals surface area contributed by atoms with E-state index < -0.39 is 34.1 Å². The van der Waals surface area contributed by atoms with Crippen molar-refractivity contribution in [2.75, 3.05) is 10.8 Å². The first-order chi connectivity index (χ1) is 17.8. The van der Waals surface area contributed by atoms with Crippen molar-refractivity contribution in [3.63, 3.8) is 0 Å². The summed E-state index contributed by atoms with van der Waals surface area (Å²) in [7, 11) is -4.09. The molecule has 0 radical (unpaired) electrons. The number of carbonyl (C=O) groups is 2. The van der Waals surface area contributed by atoms with E-state index in [9.17, 15) is 18.0 Å². The number of sulfonamides is 1. The molecule has 0 saturated heterocycles. The highest BCUT2D eigenvalue weighted by Crippen LogP contribution is 2.25. The maximum absolute atomic E-state index is 13.9. The lowest BCUT2D eigenvalue weighted by molar-refractivity contribution is -0.140. The van der Waals surface area contributed by atoms with Gasteiger partial charge in [-0.2, -0.15) is 0 Å². The molecule has 2 amide bonds. The Kier molecular flexibility index (Phi) is 9.22. The first-order valence-corrected chi connectivity index (χ1v) is 14.1. The Morgan fingerprint density at radius 1 is 0.947 bits per heavy atom. The minimum Gasteiger partial charge on any atom is -0.350 e. The lowest BCUT2D eigenvalue weighted by atomic mass is 10.1. The van der Waals surface area contributed by atoms with Gasteiger partial charge in [-0.3, -0.25) is 13.9 Å². The zero-order chi connectivity index (χ0) is 28.1. The van der Waals surface area contributed by atoms with Gasteiger partial charge in [-0.1, -0.05) is 54.1 Å². The summed E-state index contributed by atoms with van der Waals surface area (Å²) < 4.78 is 28.6. The number of aryl methyl sites for hydroxylation is 1. The maximum atomic E-state index is 13.9. The van der Waals surface area contributed by atoms with Crippen LogP contribution in [0, 0.1) is 6.92 Å². The van der Waals surface area contributed by atoms with Crippen molar-refractivity contribution in [1.82, 2.24) is 10.2 Å². The fourth-order valence-electron chi connectivity index (χ4n) is 3.92. The molecule has 0 bridgehead atoms. The van der Waals surface area contributed by atoms with Crippen LogP contribution < -0.4 is 9.62 Å². The number of nitrogens with one attached hydrogen (secondary N) is 1. The number of hydrogen-bond acceptors (Lipinski definition) is 4. The molecule has 38 heavy (non-hydrogen) atoms. The molecule has 0 unspecified atom stereocenters. The second-order valence-electron chi connectivity index (χ2n) is 10.2. The highest BCUT2D eigenvalue weighted by molar-refractivity contribution is 7.92. The smallest absolute Gasteiger partial charge is 0.264 e. The van der Waals surface area contributed by atoms with Crippen molar-refractivity contribution in [1.29, 1.82) is 0 Å². The molecule has 3 aromatic carbocycles. The average molecular weight is 556 g/mol. The first kappa shape index (κ1) is 29.2. The molecule has 0 aromatic heterocycles. The Bertz CT molecular complexity index is 1390. The fourth-order valence-corrected chi connectivity index (χ4v) is 5.56. The molecule has 3 aromatic rings. The third-order valence-electron chi connectivity index (χ3n) is 5.81. The molecule has 9 heteroatoms. The van der Waals surface area contributed by atoms with Crippen LogP contribution in [-0.2, 0) is 26.2 Å². The highest BCUT2D eigenvalue weighted by atomic mass is 35.5. The normalized spacial score (nSPS) is 12.5. The van der Waals surface area contributed by atoms with Crippen LogP contribution >= 0.6 is 11.6 Å². The lowest BCUT2D eigenvalue weighted by Gasteiger charge is -2.33. The molecule has 0 aliphatic rings. The molecule has 0 aliphatic heterocycles. The summed E-state index contributed by atoms with van der Waals surface area (Å²) in [5.41, 5.74) is 1.41. The van der Waals surface area contributed by atoms with E-state index in [4.69, 9.17) is 11.6 Å². The highest BCUT2D eigenvalue weighted by Gasteiger charge is 2.33. The van der Waals surface area contributed by atoms with Crippen LogP contribution in [0.5, 0.6) is 0 Å². The van der Waals surface area contributed by atoms with E-state index in [0.717, 1.165) is 9.87 Å². The van der Waals surface area contributed by atoms with Crippen LogP contribution in [0.15, 0.2) is 83.8 Å². The maximum Gasteiger partial charge on any atom is 0.264 e. The summed E-state index contributed by atoms with van der Waals surface area (Å²) >= 11 is 6.17. The molecular formula is C29H34ClN3O4S. The predicted molar refractivity (Wildman–Crippen MR) is 152 cm³/mol. The molecule has 0 spiro atoms. The number of rotatable bonds is 9. The van der Waals surface area contributed by atoms with Gasteiger partial charge in [-0.15, -0.1) is 0 Å². The number of nitrogens with zero attached hydrogens (tertiary/aromatic N) is 2. The minimum absolute atomic E-state index is 0.0641. The van der Waals surface area contributed by atoms with E-state index in [-0.39, 0.29) is 17.3 Å². The Hall–Kier alpha value is -3.36. The van der Waals surface area contributed by atoms with Crippen LogP contribution in [0.1, 0.15) is 38.8 Å². The van der Waals surface area contributed by atoms with Gasteiger partial charge in [-0.25, -0.2) is 8.42 Å². The second-order valence-corrected chi connectivity index (χ2v) is 12.5. The van der Waals surface area contributed by atoms with E-state index in [1.807, 2.05) is 33.8 Å². The summed E-state index contributed by atoms with van der Waals surface area (Å²) in [6.07, 6.45) is 0. The monoisotopic (exact) mass is 555 g/mol. The van der Waals surface area contributed by atoms with Crippen molar-refractivity contribution >= 4 is 39.1 Å². The molecule has 0 fully saturated rings. The van der Waals surface area contributed by atoms with Gasteiger partial charge >= 0.3 is 0 Å². The first-order valence-electron chi connectivity index (χ1n) is 12.3. The summed E-state index contributed by atoms with van der Waals surface area (Å²) in [5.74, 6) is -0.872. The molecule has 1 atom stereocenters. The second kappa shape index (κ2) is 12.0. The summed E-state index contributed by atoms with van der Waals surface area (Å²) in [5, 5.41) is 3.40. The molecule has 1 N–H and O–H groups in total. The topological polar surface area (TPSA) is 86.8 Å². The Morgan fingerprint density at radius 2 is 1.61 bits per heavy atom. The number of halogens is 1. The predicted octanol–water partition coefficient (Wildman–Crippen LogP) is 5.18. The number of anilines is 1. The van der Waals surface area contributed by atoms with Gasteiger partial charge in [0.05, 0.1) is 10.6 Å². The Balaban J connectivity index is 2.03. The van der Waals surface area contributed by atoms with Crippen molar-refractivity contribution in [3.05, 3.63) is 95.0 Å². The van der Waals surface area contributed by atoms with Gasteiger partial charge in [0, 0.05) is 17.1 Å². The largest absolute Gasteiger partial charge is 0.350 e. The van der Waals surface area contributed by atoms with Gasteiger partial charge in [-0.05, 0) is 82.1 Å². The zero-order valence-electron chi connectivity index (χ0n) is 22.3. The molecule has 3 rings (SSSR count). The number of carbonyl (C=O) groups excluding carboxylic acids is 2. The molecule has 0 saturated carbocycles. The van der Waals surface area contributed by atoms with Gasteiger partial charge in [0.25, 0.3) is 10.0 Å². The molecule has 202 valence electrons. The van der Waals surface area contributed by atoms with Crippen LogP contribution in [-0.4, -0.2) is 43.3 Å². The molecule has 0 heterocycles. The van der Waals surface area contributed by atoms with Gasteiger partial charge in [0.2, 0.25) is 11.8 Å². The van der Waals surface area contributed by atoms with Crippen LogP contribution in [0.3, 0.4) is 0 Å². The summed E-state index contributed by atoms with van der Waals surface area (Å²) in [6, 6.07) is 21.1. The quantitative estimate of drug-likeness (QED) is 0.394.